The van der Waals surface area contributed by atoms with Gasteiger partial charge in [0.25, 0.3) is 0 Å². The Kier molecular flexibility index (Phi) is 5.99. The van der Waals surface area contributed by atoms with Crippen LogP contribution >= 0.6 is 0 Å². The minimum Gasteiger partial charge on any atom is -0.393 e. The first kappa shape index (κ1) is 17.9. The van der Waals surface area contributed by atoms with Crippen molar-refractivity contribution in [3.8, 4) is 0 Å². The number of hydrogen-bond acceptors (Lipinski definition) is 5. The predicted octanol–water partition coefficient (Wildman–Crippen LogP) is 1.06. The van der Waals surface area contributed by atoms with E-state index in [2.05, 4.69) is 0 Å². The van der Waals surface area contributed by atoms with Gasteiger partial charge in [-0.2, -0.15) is 0 Å². The van der Waals surface area contributed by atoms with Gasteiger partial charge >= 0.3 is 0 Å². The van der Waals surface area contributed by atoms with Gasteiger partial charge in [0.2, 0.25) is 0 Å². The Morgan fingerprint density at radius 2 is 1.35 bits per heavy atom. The fraction of sp³-hybridized carbons (Fsp3) is 1.00. The molecule has 2 aliphatic rings. The lowest BCUT2D eigenvalue weighted by molar-refractivity contribution is -0.124. The Morgan fingerprint density at radius 1 is 0.900 bits per heavy atom. The lowest BCUT2D eigenvalue weighted by Crippen LogP contribution is -2.50. The third-order valence-electron chi connectivity index (χ3n) is 3.96. The van der Waals surface area contributed by atoms with E-state index >= 15 is 0 Å². The monoisotopic (exact) mass is 289 g/mol. The quantitative estimate of drug-likeness (QED) is 0.621. The molecular formula is C15H31NO4. The molecule has 0 aliphatic carbocycles. The van der Waals surface area contributed by atoms with Crippen LogP contribution in [0.15, 0.2) is 0 Å². The highest BCUT2D eigenvalue weighted by molar-refractivity contribution is 4.85. The number of ether oxygens (including phenoxy) is 2. The third-order valence-corrected chi connectivity index (χ3v) is 3.96. The van der Waals surface area contributed by atoms with E-state index in [1.165, 1.54) is 0 Å². The van der Waals surface area contributed by atoms with Crippen molar-refractivity contribution in [2.24, 2.45) is 11.7 Å². The molecule has 0 radical (unpaired) electrons. The summed E-state index contributed by atoms with van der Waals surface area (Å²) in [5, 5.41) is 18.7. The van der Waals surface area contributed by atoms with Crippen LogP contribution in [-0.4, -0.2) is 52.9 Å². The standard InChI is InChI=1S/C8H16O2.C7H15NO2/c1-6-5-10-8(2,3)4-7(6)9;1-7(2)3-6(9)5(8)4-10-7/h6-7,9H,4-5H2,1-3H3;5-6,9H,3-4,8H2,1-2H3/t6-,7-;5-,6-/m11/s1. The summed E-state index contributed by atoms with van der Waals surface area (Å²) in [6.45, 7) is 11.1. The van der Waals surface area contributed by atoms with Gasteiger partial charge in [-0.1, -0.05) is 6.92 Å². The van der Waals surface area contributed by atoms with E-state index in [4.69, 9.17) is 15.2 Å². The first-order chi connectivity index (χ1) is 9.02. The van der Waals surface area contributed by atoms with Gasteiger partial charge in [0.15, 0.2) is 0 Å². The summed E-state index contributed by atoms with van der Waals surface area (Å²) in [5.74, 6) is 0.299. The van der Waals surface area contributed by atoms with E-state index in [1.807, 2.05) is 34.6 Å². The zero-order chi connectivity index (χ0) is 15.6. The van der Waals surface area contributed by atoms with E-state index in [0.29, 0.717) is 25.6 Å². The second kappa shape index (κ2) is 6.71. The van der Waals surface area contributed by atoms with Crippen molar-refractivity contribution in [1.29, 1.82) is 0 Å². The zero-order valence-electron chi connectivity index (χ0n) is 13.4. The first-order valence-corrected chi connectivity index (χ1v) is 7.42. The molecule has 4 atom stereocenters. The molecule has 0 spiro atoms. The summed E-state index contributed by atoms with van der Waals surface area (Å²) < 4.78 is 10.9. The number of nitrogens with two attached hydrogens (primary N) is 1. The van der Waals surface area contributed by atoms with Crippen molar-refractivity contribution in [3.63, 3.8) is 0 Å². The summed E-state index contributed by atoms with van der Waals surface area (Å²) >= 11 is 0. The average Bonchev–Trinajstić information content (AvgIpc) is 2.30. The van der Waals surface area contributed by atoms with Crippen molar-refractivity contribution < 1.29 is 19.7 Å². The molecule has 5 heteroatoms. The molecule has 20 heavy (non-hydrogen) atoms. The molecule has 2 rings (SSSR count). The maximum Gasteiger partial charge on any atom is 0.0740 e. The van der Waals surface area contributed by atoms with Crippen molar-refractivity contribution >= 4 is 0 Å². The van der Waals surface area contributed by atoms with Crippen LogP contribution < -0.4 is 5.73 Å². The predicted molar refractivity (Wildman–Crippen MR) is 78.4 cm³/mol. The van der Waals surface area contributed by atoms with Crippen LogP contribution in [0.5, 0.6) is 0 Å². The maximum absolute atomic E-state index is 9.43. The van der Waals surface area contributed by atoms with Crippen molar-refractivity contribution in [2.45, 2.75) is 76.9 Å². The maximum atomic E-state index is 9.43. The minimum absolute atomic E-state index is 0.119. The lowest BCUT2D eigenvalue weighted by atomic mass is 9.90. The number of hydrogen-bond donors (Lipinski definition) is 3. The Bertz CT molecular complexity index is 276. The van der Waals surface area contributed by atoms with Gasteiger partial charge in [-0.3, -0.25) is 0 Å². The van der Waals surface area contributed by atoms with E-state index < -0.39 is 6.10 Å². The molecule has 5 nitrogen and oxygen atoms in total. The SMILES string of the molecule is CC1(C)C[C@@H](O)[C@H](N)CO1.C[C@@H]1COC(C)(C)C[C@H]1O. The average molecular weight is 289 g/mol. The molecule has 0 saturated carbocycles. The van der Waals surface area contributed by atoms with E-state index in [1.54, 1.807) is 0 Å². The Hall–Kier alpha value is -0.200. The molecule has 2 saturated heterocycles. The summed E-state index contributed by atoms with van der Waals surface area (Å²) in [4.78, 5) is 0. The van der Waals surface area contributed by atoms with Gasteiger partial charge in [-0.25, -0.2) is 0 Å². The van der Waals surface area contributed by atoms with Gasteiger partial charge < -0.3 is 25.4 Å². The summed E-state index contributed by atoms with van der Waals surface area (Å²) in [7, 11) is 0. The summed E-state index contributed by atoms with van der Waals surface area (Å²) in [6.07, 6.45) is 0.815. The van der Waals surface area contributed by atoms with Crippen molar-refractivity contribution in [1.82, 2.24) is 0 Å². The molecule has 2 fully saturated rings. The van der Waals surface area contributed by atoms with Gasteiger partial charge in [0.1, 0.15) is 0 Å². The Labute approximate surface area is 122 Å². The molecule has 0 unspecified atom stereocenters. The van der Waals surface area contributed by atoms with Crippen LogP contribution in [0.1, 0.15) is 47.5 Å². The summed E-state index contributed by atoms with van der Waals surface area (Å²) in [5.41, 5.74) is 5.21. The van der Waals surface area contributed by atoms with Crippen LogP contribution in [0.25, 0.3) is 0 Å². The van der Waals surface area contributed by atoms with E-state index in [9.17, 15) is 10.2 Å². The molecule has 2 heterocycles. The molecule has 0 amide bonds. The number of aliphatic hydroxyl groups is 2. The van der Waals surface area contributed by atoms with Gasteiger partial charge in [0, 0.05) is 18.8 Å². The molecular weight excluding hydrogens is 258 g/mol. The van der Waals surface area contributed by atoms with Crippen LogP contribution in [0.2, 0.25) is 0 Å². The first-order valence-electron chi connectivity index (χ1n) is 7.42. The fourth-order valence-corrected chi connectivity index (χ4v) is 2.38. The second-order valence-corrected chi connectivity index (χ2v) is 7.33. The van der Waals surface area contributed by atoms with Crippen LogP contribution in [0, 0.1) is 5.92 Å². The highest BCUT2D eigenvalue weighted by Gasteiger charge is 2.32. The fourth-order valence-electron chi connectivity index (χ4n) is 2.38. The largest absolute Gasteiger partial charge is 0.393 e. The van der Waals surface area contributed by atoms with E-state index in [-0.39, 0.29) is 23.3 Å². The molecule has 120 valence electrons. The van der Waals surface area contributed by atoms with Crippen molar-refractivity contribution in [3.05, 3.63) is 0 Å². The minimum atomic E-state index is -0.399. The second-order valence-electron chi connectivity index (χ2n) is 7.33. The topological polar surface area (TPSA) is 84.9 Å². The molecule has 4 N–H and O–H groups in total. The van der Waals surface area contributed by atoms with Crippen LogP contribution in [0.4, 0.5) is 0 Å². The molecule has 0 bridgehead atoms. The van der Waals surface area contributed by atoms with E-state index in [0.717, 1.165) is 6.42 Å². The highest BCUT2D eigenvalue weighted by Crippen LogP contribution is 2.27. The normalized spacial score (nSPS) is 39.6. The van der Waals surface area contributed by atoms with Gasteiger partial charge in [-0.05, 0) is 27.7 Å². The smallest absolute Gasteiger partial charge is 0.0740 e. The van der Waals surface area contributed by atoms with Crippen LogP contribution in [-0.2, 0) is 9.47 Å². The molecule has 2 aliphatic heterocycles. The number of aliphatic hydroxyl groups excluding tert-OH is 2. The molecule has 0 aromatic rings. The molecule has 0 aromatic carbocycles. The lowest BCUT2D eigenvalue weighted by Gasteiger charge is -2.36. The highest BCUT2D eigenvalue weighted by atomic mass is 16.5. The zero-order valence-corrected chi connectivity index (χ0v) is 13.4. The van der Waals surface area contributed by atoms with Crippen LogP contribution in [0.3, 0.4) is 0 Å². The Balaban J connectivity index is 0.000000200. The van der Waals surface area contributed by atoms with Crippen molar-refractivity contribution in [2.75, 3.05) is 13.2 Å². The molecule has 0 aromatic heterocycles. The Morgan fingerprint density at radius 3 is 1.70 bits per heavy atom. The number of rotatable bonds is 0. The van der Waals surface area contributed by atoms with Gasteiger partial charge in [0.05, 0.1) is 42.7 Å². The summed E-state index contributed by atoms with van der Waals surface area (Å²) in [6, 6.07) is -0.201. The van der Waals surface area contributed by atoms with Gasteiger partial charge in [-0.15, -0.1) is 0 Å². The third kappa shape index (κ3) is 5.66.